The summed E-state index contributed by atoms with van der Waals surface area (Å²) in [6.07, 6.45) is 1.07. The summed E-state index contributed by atoms with van der Waals surface area (Å²) in [6.45, 7) is 27.3. The highest BCUT2D eigenvalue weighted by Gasteiger charge is 2.30. The van der Waals surface area contributed by atoms with E-state index in [4.69, 9.17) is 12.7 Å². The van der Waals surface area contributed by atoms with E-state index in [9.17, 15) is 0 Å². The van der Waals surface area contributed by atoms with Crippen LogP contribution in [0.4, 0.5) is 0 Å². The Morgan fingerprint density at radius 2 is 1.26 bits per heavy atom. The van der Waals surface area contributed by atoms with E-state index in [0.717, 1.165) is 6.23 Å². The molecular formula is C14H44O3Si6. The van der Waals surface area contributed by atoms with E-state index in [2.05, 4.69) is 78.6 Å². The van der Waals surface area contributed by atoms with Crippen LogP contribution in [0.15, 0.2) is 0 Å². The van der Waals surface area contributed by atoms with Crippen LogP contribution in [0.25, 0.3) is 0 Å². The van der Waals surface area contributed by atoms with Gasteiger partial charge in [-0.05, 0) is 51.5 Å². The van der Waals surface area contributed by atoms with E-state index in [-0.39, 0.29) is 19.3 Å². The van der Waals surface area contributed by atoms with Crippen molar-refractivity contribution in [3.63, 3.8) is 0 Å². The molecule has 0 atom stereocenters. The lowest BCUT2D eigenvalue weighted by Gasteiger charge is -2.30. The predicted molar refractivity (Wildman–Crippen MR) is 123 cm³/mol. The highest BCUT2D eigenvalue weighted by molar-refractivity contribution is 6.83. The van der Waals surface area contributed by atoms with E-state index in [1.54, 1.807) is 0 Å². The van der Waals surface area contributed by atoms with Crippen molar-refractivity contribution in [3.05, 3.63) is 0 Å². The van der Waals surface area contributed by atoms with Crippen LogP contribution in [0.5, 0.6) is 0 Å². The summed E-state index contributed by atoms with van der Waals surface area (Å²) < 4.78 is 17.7. The molecule has 0 saturated heterocycles. The first-order valence-electron chi connectivity index (χ1n) is 9.02. The summed E-state index contributed by atoms with van der Waals surface area (Å²) in [4.78, 5) is 0. The second-order valence-corrected chi connectivity index (χ2v) is 31.2. The minimum atomic E-state index is -1.72. The zero-order valence-electron chi connectivity index (χ0n) is 18.1. The first-order chi connectivity index (χ1) is 10.0. The molecule has 9 heteroatoms. The normalized spacial score (nSPS) is 14.6. The largest absolute Gasteiger partial charge is 0.442 e. The molecule has 23 heavy (non-hydrogen) atoms. The van der Waals surface area contributed by atoms with Crippen LogP contribution in [0.1, 0.15) is 0 Å². The SMILES string of the molecule is C[SiH2]C[Si](C)(C)OC[Si](C)(C)C.C[SiH2]O[Si](C)(C)O[Si](C)(C)C. The van der Waals surface area contributed by atoms with Crippen molar-refractivity contribution in [2.45, 2.75) is 84.2 Å². The summed E-state index contributed by atoms with van der Waals surface area (Å²) >= 11 is 0. The predicted octanol–water partition coefficient (Wildman–Crippen LogP) is 3.95. The van der Waals surface area contributed by atoms with E-state index in [1.807, 2.05) is 0 Å². The van der Waals surface area contributed by atoms with Crippen LogP contribution >= 0.6 is 0 Å². The Balaban J connectivity index is 0. The van der Waals surface area contributed by atoms with Crippen LogP contribution in [0, 0.1) is 0 Å². The molecule has 0 rings (SSSR count). The molecule has 0 unspecified atom stereocenters. The maximum Gasteiger partial charge on any atom is 0.310 e. The van der Waals surface area contributed by atoms with E-state index < -0.39 is 33.3 Å². The van der Waals surface area contributed by atoms with Gasteiger partial charge in [-0.3, -0.25) is 0 Å². The highest BCUT2D eigenvalue weighted by Crippen LogP contribution is 2.14. The molecule has 0 N–H and O–H groups in total. The summed E-state index contributed by atoms with van der Waals surface area (Å²) in [6, 6.07) is 0. The molecule has 0 aliphatic rings. The molecule has 0 aromatic carbocycles. The zero-order valence-corrected chi connectivity index (χ0v) is 24.9. The second kappa shape index (κ2) is 11.0. The quantitative estimate of drug-likeness (QED) is 0.520. The molecule has 0 heterocycles. The summed E-state index contributed by atoms with van der Waals surface area (Å²) in [5, 5.41) is 0. The van der Waals surface area contributed by atoms with Crippen LogP contribution in [0.3, 0.4) is 0 Å². The van der Waals surface area contributed by atoms with E-state index >= 15 is 0 Å². The maximum absolute atomic E-state index is 6.07. The van der Waals surface area contributed by atoms with Gasteiger partial charge in [-0.1, -0.05) is 32.7 Å². The third kappa shape index (κ3) is 21.1. The maximum atomic E-state index is 6.07. The third-order valence-electron chi connectivity index (χ3n) is 2.79. The van der Waals surface area contributed by atoms with Gasteiger partial charge in [0.1, 0.15) is 9.76 Å². The number of hydrogen-bond donors (Lipinski definition) is 0. The minimum Gasteiger partial charge on any atom is -0.442 e. The van der Waals surface area contributed by atoms with Crippen LogP contribution in [0.2, 0.25) is 84.2 Å². The smallest absolute Gasteiger partial charge is 0.310 e. The molecule has 3 nitrogen and oxygen atoms in total. The van der Waals surface area contributed by atoms with Gasteiger partial charge in [0.2, 0.25) is 0 Å². The summed E-state index contributed by atoms with van der Waals surface area (Å²) in [5.41, 5.74) is 1.44. The zero-order chi connectivity index (χ0) is 18.9. The molecule has 0 aromatic rings. The Kier molecular flexibility index (Phi) is 12.6. The van der Waals surface area contributed by atoms with E-state index in [1.165, 1.54) is 5.67 Å². The van der Waals surface area contributed by atoms with Gasteiger partial charge in [-0.25, -0.2) is 0 Å². The fourth-order valence-electron chi connectivity index (χ4n) is 2.20. The Morgan fingerprint density at radius 1 is 0.783 bits per heavy atom. The summed E-state index contributed by atoms with van der Waals surface area (Å²) in [5.74, 6) is 0. The van der Waals surface area contributed by atoms with Crippen LogP contribution in [-0.2, 0) is 12.7 Å². The molecule has 0 fully saturated rings. The van der Waals surface area contributed by atoms with Crippen molar-refractivity contribution in [2.75, 3.05) is 6.23 Å². The van der Waals surface area contributed by atoms with Gasteiger partial charge in [0.05, 0.1) is 8.07 Å². The lowest BCUT2D eigenvalue weighted by atomic mass is 11.7. The molecule has 0 saturated carbocycles. The van der Waals surface area contributed by atoms with Crippen LogP contribution in [-0.4, -0.2) is 58.8 Å². The lowest BCUT2D eigenvalue weighted by molar-refractivity contribution is 0.371. The molecule has 142 valence electrons. The molecule has 0 radical (unpaired) electrons. The first kappa shape index (κ1) is 26.4. The average Bonchev–Trinajstić information content (AvgIpc) is 2.23. The lowest BCUT2D eigenvalue weighted by Crippen LogP contribution is -2.45. The highest BCUT2D eigenvalue weighted by atomic mass is 28.5. The second-order valence-electron chi connectivity index (χ2n) is 9.41. The van der Waals surface area contributed by atoms with Crippen molar-refractivity contribution in [1.82, 2.24) is 0 Å². The first-order valence-corrected chi connectivity index (χ1v) is 26.5. The van der Waals surface area contributed by atoms with Crippen LogP contribution < -0.4 is 0 Å². The average molecular weight is 429 g/mol. The standard InChI is InChI=1S/C8H24OSi3.C6H20O2Si3/c1-10-8-12(5,6)9-7-11(2,3)4;1-9-7-11(5,6)8-10(2,3)4/h7-8,10H2,1-6H3;9H2,1-6H3. The molecule has 0 aliphatic heterocycles. The van der Waals surface area contributed by atoms with Gasteiger partial charge in [0, 0.05) is 15.7 Å². The van der Waals surface area contributed by atoms with Gasteiger partial charge in [-0.2, -0.15) is 0 Å². The fourth-order valence-corrected chi connectivity index (χ4v) is 20.3. The molecule has 0 aromatic heterocycles. The number of hydrogen-bond acceptors (Lipinski definition) is 3. The Bertz CT molecular complexity index is 311. The summed E-state index contributed by atoms with van der Waals surface area (Å²) in [7, 11) is -5.37. The Hall–Kier alpha value is 1.18. The van der Waals surface area contributed by atoms with Crippen molar-refractivity contribution >= 4 is 52.6 Å². The van der Waals surface area contributed by atoms with Gasteiger partial charge >= 0.3 is 8.56 Å². The van der Waals surface area contributed by atoms with Gasteiger partial charge in [0.25, 0.3) is 0 Å². The van der Waals surface area contributed by atoms with Gasteiger partial charge in [-0.15, -0.1) is 0 Å². The molecule has 0 spiro atoms. The van der Waals surface area contributed by atoms with Crippen molar-refractivity contribution in [3.8, 4) is 0 Å². The topological polar surface area (TPSA) is 27.7 Å². The van der Waals surface area contributed by atoms with Gasteiger partial charge < -0.3 is 12.7 Å². The molecular weight excluding hydrogens is 385 g/mol. The van der Waals surface area contributed by atoms with Gasteiger partial charge in [0.15, 0.2) is 16.6 Å². The molecule has 0 amide bonds. The molecule has 0 bridgehead atoms. The monoisotopic (exact) mass is 428 g/mol. The molecule has 0 aliphatic carbocycles. The van der Waals surface area contributed by atoms with Crippen molar-refractivity contribution in [2.24, 2.45) is 0 Å². The minimum absolute atomic E-state index is 0.198. The van der Waals surface area contributed by atoms with Crippen molar-refractivity contribution < 1.29 is 12.7 Å². The van der Waals surface area contributed by atoms with Crippen molar-refractivity contribution in [1.29, 1.82) is 0 Å². The fraction of sp³-hybridized carbons (Fsp3) is 1.00. The Morgan fingerprint density at radius 3 is 1.57 bits per heavy atom. The third-order valence-corrected chi connectivity index (χ3v) is 20.2. The Labute approximate surface area is 155 Å². The number of rotatable bonds is 9. The van der Waals surface area contributed by atoms with E-state index in [0.29, 0.717) is 0 Å².